The molecule has 72 valence electrons. The Morgan fingerprint density at radius 3 is 2.92 bits per heavy atom. The van der Waals surface area contributed by atoms with Crippen molar-refractivity contribution in [2.45, 2.75) is 6.54 Å². The van der Waals surface area contributed by atoms with E-state index in [4.69, 9.17) is 5.73 Å². The summed E-state index contributed by atoms with van der Waals surface area (Å²) in [5.41, 5.74) is 6.84. The highest BCUT2D eigenvalue weighted by molar-refractivity contribution is 5.04. The Labute approximate surface area is 78.3 Å². The van der Waals surface area contributed by atoms with Crippen LogP contribution in [0.3, 0.4) is 0 Å². The molecule has 1 fully saturated rings. The summed E-state index contributed by atoms with van der Waals surface area (Å²) < 4.78 is 1.84. The van der Waals surface area contributed by atoms with Crippen molar-refractivity contribution >= 4 is 0 Å². The van der Waals surface area contributed by atoms with Gasteiger partial charge in [-0.15, -0.1) is 0 Å². The van der Waals surface area contributed by atoms with Gasteiger partial charge in [0.1, 0.15) is 0 Å². The predicted molar refractivity (Wildman–Crippen MR) is 51.0 cm³/mol. The molecule has 0 aromatic carbocycles. The Bertz CT molecular complexity index is 275. The number of likely N-dealkylation sites (tertiary alicyclic amines) is 1. The summed E-state index contributed by atoms with van der Waals surface area (Å²) in [6.07, 6.45) is 3.99. The minimum atomic E-state index is 0.719. The number of hydrogen-bond donors (Lipinski definition) is 1. The molecule has 0 bridgehead atoms. The van der Waals surface area contributed by atoms with E-state index >= 15 is 0 Å². The molecule has 0 radical (unpaired) electrons. The largest absolute Gasteiger partial charge is 0.330 e. The third-order valence-electron chi connectivity index (χ3n) is 2.53. The normalized spacial score (nSPS) is 18.9. The maximum absolute atomic E-state index is 5.55. The van der Waals surface area contributed by atoms with Gasteiger partial charge in [0.25, 0.3) is 0 Å². The van der Waals surface area contributed by atoms with Crippen LogP contribution in [0, 0.1) is 5.92 Å². The summed E-state index contributed by atoms with van der Waals surface area (Å²) in [5, 5.41) is 4.13. The third kappa shape index (κ3) is 1.89. The zero-order valence-corrected chi connectivity index (χ0v) is 7.98. The second-order valence-electron chi connectivity index (χ2n) is 3.82. The van der Waals surface area contributed by atoms with Crippen LogP contribution in [0.2, 0.25) is 0 Å². The van der Waals surface area contributed by atoms with Gasteiger partial charge in [-0.25, -0.2) is 0 Å². The number of nitrogens with zero attached hydrogens (tertiary/aromatic N) is 3. The first-order valence-corrected chi connectivity index (χ1v) is 4.68. The highest BCUT2D eigenvalue weighted by atomic mass is 15.2. The molecule has 1 aromatic rings. The van der Waals surface area contributed by atoms with Crippen LogP contribution in [0.25, 0.3) is 0 Å². The lowest BCUT2D eigenvalue weighted by Crippen LogP contribution is -2.48. The average molecular weight is 180 g/mol. The molecule has 1 aliphatic rings. The molecule has 0 saturated carbocycles. The molecule has 0 unspecified atom stereocenters. The van der Waals surface area contributed by atoms with E-state index in [1.165, 1.54) is 5.56 Å². The van der Waals surface area contributed by atoms with Crippen molar-refractivity contribution in [2.75, 3.05) is 19.6 Å². The summed E-state index contributed by atoms with van der Waals surface area (Å²) in [5.74, 6) is 0.719. The van der Waals surface area contributed by atoms with E-state index in [0.717, 1.165) is 32.1 Å². The second kappa shape index (κ2) is 3.47. The maximum Gasteiger partial charge on any atom is 0.0534 e. The molecule has 2 rings (SSSR count). The smallest absolute Gasteiger partial charge is 0.0534 e. The van der Waals surface area contributed by atoms with Gasteiger partial charge in [-0.3, -0.25) is 9.58 Å². The Balaban J connectivity index is 1.81. The fourth-order valence-corrected chi connectivity index (χ4v) is 1.77. The Hall–Kier alpha value is -0.870. The maximum atomic E-state index is 5.55. The summed E-state index contributed by atoms with van der Waals surface area (Å²) >= 11 is 0. The minimum absolute atomic E-state index is 0.719. The molecule has 0 atom stereocenters. The highest BCUT2D eigenvalue weighted by Gasteiger charge is 2.24. The van der Waals surface area contributed by atoms with E-state index in [2.05, 4.69) is 16.2 Å². The van der Waals surface area contributed by atoms with Crippen molar-refractivity contribution < 1.29 is 0 Å². The van der Waals surface area contributed by atoms with E-state index < -0.39 is 0 Å². The highest BCUT2D eigenvalue weighted by Crippen LogP contribution is 2.16. The summed E-state index contributed by atoms with van der Waals surface area (Å²) in [7, 11) is 1.95. The third-order valence-corrected chi connectivity index (χ3v) is 2.53. The summed E-state index contributed by atoms with van der Waals surface area (Å²) in [4.78, 5) is 2.40. The van der Waals surface area contributed by atoms with Crippen molar-refractivity contribution in [1.29, 1.82) is 0 Å². The topological polar surface area (TPSA) is 47.1 Å². The first-order valence-electron chi connectivity index (χ1n) is 4.68. The van der Waals surface area contributed by atoms with Gasteiger partial charge in [0.2, 0.25) is 0 Å². The van der Waals surface area contributed by atoms with Crippen LogP contribution in [0.4, 0.5) is 0 Å². The molecule has 13 heavy (non-hydrogen) atoms. The molecular weight excluding hydrogens is 164 g/mol. The van der Waals surface area contributed by atoms with E-state index in [9.17, 15) is 0 Å². The van der Waals surface area contributed by atoms with Gasteiger partial charge >= 0.3 is 0 Å². The van der Waals surface area contributed by atoms with Crippen LogP contribution in [0.5, 0.6) is 0 Å². The molecule has 1 saturated heterocycles. The van der Waals surface area contributed by atoms with Crippen molar-refractivity contribution in [2.24, 2.45) is 18.7 Å². The second-order valence-corrected chi connectivity index (χ2v) is 3.82. The molecule has 0 amide bonds. The average Bonchev–Trinajstić information content (AvgIpc) is 2.43. The molecule has 0 aliphatic carbocycles. The molecule has 1 aromatic heterocycles. The van der Waals surface area contributed by atoms with Crippen molar-refractivity contribution in [1.82, 2.24) is 14.7 Å². The van der Waals surface area contributed by atoms with Gasteiger partial charge in [0.15, 0.2) is 0 Å². The first kappa shape index (κ1) is 8.72. The van der Waals surface area contributed by atoms with Gasteiger partial charge in [0, 0.05) is 38.4 Å². The molecular formula is C9H16N4. The van der Waals surface area contributed by atoms with Gasteiger partial charge in [-0.2, -0.15) is 5.10 Å². The molecule has 2 N–H and O–H groups in total. The van der Waals surface area contributed by atoms with Crippen LogP contribution < -0.4 is 5.73 Å². The van der Waals surface area contributed by atoms with Crippen LogP contribution in [-0.4, -0.2) is 34.3 Å². The Morgan fingerprint density at radius 1 is 1.62 bits per heavy atom. The molecule has 2 heterocycles. The van der Waals surface area contributed by atoms with Gasteiger partial charge in [0.05, 0.1) is 6.20 Å². The molecule has 1 aliphatic heterocycles. The fourth-order valence-electron chi connectivity index (χ4n) is 1.77. The van der Waals surface area contributed by atoms with Gasteiger partial charge in [-0.1, -0.05) is 0 Å². The Kier molecular flexibility index (Phi) is 2.33. The predicted octanol–water partition coefficient (Wildman–Crippen LogP) is -0.189. The van der Waals surface area contributed by atoms with Crippen LogP contribution in [0.1, 0.15) is 5.56 Å². The van der Waals surface area contributed by atoms with Crippen molar-refractivity contribution in [3.05, 3.63) is 18.0 Å². The number of aryl methyl sites for hydroxylation is 1. The molecule has 4 nitrogen and oxygen atoms in total. The van der Waals surface area contributed by atoms with E-state index in [1.54, 1.807) is 0 Å². The van der Waals surface area contributed by atoms with E-state index in [1.807, 2.05) is 17.9 Å². The summed E-state index contributed by atoms with van der Waals surface area (Å²) in [6, 6.07) is 0. The van der Waals surface area contributed by atoms with Crippen LogP contribution >= 0.6 is 0 Å². The monoisotopic (exact) mass is 180 g/mol. The summed E-state index contributed by atoms with van der Waals surface area (Å²) in [6.45, 7) is 4.13. The SMILES string of the molecule is Cn1cc(CN2CC(CN)C2)cn1. The first-order chi connectivity index (χ1) is 6.28. The number of nitrogens with two attached hydrogens (primary N) is 1. The molecule has 4 heteroatoms. The van der Waals surface area contributed by atoms with E-state index in [-0.39, 0.29) is 0 Å². The van der Waals surface area contributed by atoms with E-state index in [0.29, 0.717) is 0 Å². The lowest BCUT2D eigenvalue weighted by Gasteiger charge is -2.38. The molecule has 0 spiro atoms. The van der Waals surface area contributed by atoms with Crippen LogP contribution in [-0.2, 0) is 13.6 Å². The number of hydrogen-bond acceptors (Lipinski definition) is 3. The Morgan fingerprint density at radius 2 is 2.38 bits per heavy atom. The standard InChI is InChI=1S/C9H16N4/c1-12-4-9(3-11-12)7-13-5-8(2-10)6-13/h3-4,8H,2,5-7,10H2,1H3. The van der Waals surface area contributed by atoms with Gasteiger partial charge < -0.3 is 5.73 Å². The van der Waals surface area contributed by atoms with Crippen molar-refractivity contribution in [3.63, 3.8) is 0 Å². The number of rotatable bonds is 3. The van der Waals surface area contributed by atoms with Crippen molar-refractivity contribution in [3.8, 4) is 0 Å². The van der Waals surface area contributed by atoms with Crippen LogP contribution in [0.15, 0.2) is 12.4 Å². The zero-order chi connectivity index (χ0) is 9.26. The number of aromatic nitrogens is 2. The van der Waals surface area contributed by atoms with Gasteiger partial charge in [-0.05, 0) is 12.5 Å². The minimum Gasteiger partial charge on any atom is -0.330 e. The quantitative estimate of drug-likeness (QED) is 0.701. The zero-order valence-electron chi connectivity index (χ0n) is 7.98. The lowest BCUT2D eigenvalue weighted by molar-refractivity contribution is 0.0979. The fraction of sp³-hybridized carbons (Fsp3) is 0.667. The lowest BCUT2D eigenvalue weighted by atomic mass is 10.0.